The molecule has 0 saturated heterocycles. The summed E-state index contributed by atoms with van der Waals surface area (Å²) >= 11 is 6.11. The molecule has 4 aromatic rings. The third-order valence-corrected chi connectivity index (χ3v) is 6.13. The average Bonchev–Trinajstić information content (AvgIpc) is 3.13. The van der Waals surface area contributed by atoms with Crippen molar-refractivity contribution in [3.05, 3.63) is 93.8 Å². The van der Waals surface area contributed by atoms with Gasteiger partial charge in [-0.05, 0) is 68.3 Å². The number of imidazole rings is 1. The molecule has 170 valence electrons. The molecule has 1 aromatic heterocycles. The molecule has 0 bridgehead atoms. The van der Waals surface area contributed by atoms with E-state index in [1.165, 1.54) is 0 Å². The molecule has 0 spiro atoms. The summed E-state index contributed by atoms with van der Waals surface area (Å²) in [5, 5.41) is 3.77. The van der Waals surface area contributed by atoms with Crippen molar-refractivity contribution in [2.24, 2.45) is 0 Å². The zero-order valence-corrected chi connectivity index (χ0v) is 19.9. The van der Waals surface area contributed by atoms with Gasteiger partial charge in [-0.25, -0.2) is 4.98 Å². The van der Waals surface area contributed by atoms with Crippen LogP contribution in [0.5, 0.6) is 5.75 Å². The van der Waals surface area contributed by atoms with Gasteiger partial charge in [0.2, 0.25) is 0 Å². The lowest BCUT2D eigenvalue weighted by Crippen LogP contribution is -2.27. The summed E-state index contributed by atoms with van der Waals surface area (Å²) in [5.41, 5.74) is 5.82. The van der Waals surface area contributed by atoms with Crippen LogP contribution in [0.2, 0.25) is 5.02 Å². The molecule has 0 fully saturated rings. The Bertz CT molecular complexity index is 1300. The monoisotopic (exact) mass is 461 g/mol. The number of amides is 1. The SMILES string of the molecule is Cc1ccc(C(=O)NCCc2nc3ccccc3n2CCOc2ccc(Cl)c(C)c2)c(C)c1. The first kappa shape index (κ1) is 22.9. The van der Waals surface area contributed by atoms with Crippen molar-refractivity contribution >= 4 is 28.5 Å². The highest BCUT2D eigenvalue weighted by Gasteiger charge is 2.13. The Labute approximate surface area is 199 Å². The largest absolute Gasteiger partial charge is 0.492 e. The summed E-state index contributed by atoms with van der Waals surface area (Å²) in [5.74, 6) is 1.66. The first-order chi connectivity index (χ1) is 15.9. The molecule has 6 heteroatoms. The van der Waals surface area contributed by atoms with Gasteiger partial charge in [0.1, 0.15) is 18.2 Å². The number of aromatic nitrogens is 2. The summed E-state index contributed by atoms with van der Waals surface area (Å²) in [6, 6.07) is 19.6. The molecular formula is C27H28ClN3O2. The standard InChI is InChI=1S/C27H28ClN3O2/c1-18-8-10-22(19(2)16-18)27(32)29-13-12-26-30-24-6-4-5-7-25(24)31(26)14-15-33-21-9-11-23(28)20(3)17-21/h4-11,16-17H,12-15H2,1-3H3,(H,29,32). The smallest absolute Gasteiger partial charge is 0.251 e. The Balaban J connectivity index is 1.43. The van der Waals surface area contributed by atoms with Gasteiger partial charge in [-0.3, -0.25) is 4.79 Å². The van der Waals surface area contributed by atoms with Crippen LogP contribution in [0, 0.1) is 20.8 Å². The van der Waals surface area contributed by atoms with Crippen LogP contribution in [0.15, 0.2) is 60.7 Å². The summed E-state index contributed by atoms with van der Waals surface area (Å²) in [6.07, 6.45) is 0.630. The van der Waals surface area contributed by atoms with E-state index in [9.17, 15) is 4.79 Å². The third kappa shape index (κ3) is 5.37. The second kappa shape index (κ2) is 10.1. The van der Waals surface area contributed by atoms with Crippen LogP contribution in [0.3, 0.4) is 0 Å². The first-order valence-corrected chi connectivity index (χ1v) is 11.5. The fourth-order valence-corrected chi connectivity index (χ4v) is 4.10. The van der Waals surface area contributed by atoms with E-state index in [0.717, 1.165) is 44.3 Å². The molecule has 1 heterocycles. The number of hydrogen-bond donors (Lipinski definition) is 1. The highest BCUT2D eigenvalue weighted by molar-refractivity contribution is 6.31. The zero-order valence-electron chi connectivity index (χ0n) is 19.2. The molecule has 0 aliphatic carbocycles. The number of halogens is 1. The van der Waals surface area contributed by atoms with Gasteiger partial charge in [-0.1, -0.05) is 41.4 Å². The number of ether oxygens (including phenoxy) is 1. The van der Waals surface area contributed by atoms with Crippen molar-refractivity contribution in [2.75, 3.05) is 13.2 Å². The van der Waals surface area contributed by atoms with Crippen LogP contribution in [-0.4, -0.2) is 28.6 Å². The molecule has 4 rings (SSSR count). The van der Waals surface area contributed by atoms with Gasteiger partial charge >= 0.3 is 0 Å². The lowest BCUT2D eigenvalue weighted by molar-refractivity contribution is 0.0953. The molecular weight excluding hydrogens is 434 g/mol. The molecule has 0 aliphatic rings. The molecule has 5 nitrogen and oxygen atoms in total. The van der Waals surface area contributed by atoms with Crippen LogP contribution in [-0.2, 0) is 13.0 Å². The summed E-state index contributed by atoms with van der Waals surface area (Å²) < 4.78 is 8.13. The van der Waals surface area contributed by atoms with Crippen molar-refractivity contribution in [1.82, 2.24) is 14.9 Å². The Kier molecular flexibility index (Phi) is 6.99. The summed E-state index contributed by atoms with van der Waals surface area (Å²) in [6.45, 7) is 7.61. The Hall–Kier alpha value is -3.31. The van der Waals surface area contributed by atoms with E-state index in [0.29, 0.717) is 31.7 Å². The van der Waals surface area contributed by atoms with Crippen molar-refractivity contribution < 1.29 is 9.53 Å². The number of carbonyl (C=O) groups is 1. The second-order valence-electron chi connectivity index (χ2n) is 8.25. The number of nitrogens with zero attached hydrogens (tertiary/aromatic N) is 2. The average molecular weight is 462 g/mol. The molecule has 1 N–H and O–H groups in total. The second-order valence-corrected chi connectivity index (χ2v) is 8.66. The number of hydrogen-bond acceptors (Lipinski definition) is 3. The van der Waals surface area contributed by atoms with Gasteiger partial charge in [0.25, 0.3) is 5.91 Å². The van der Waals surface area contributed by atoms with Crippen molar-refractivity contribution in [2.45, 2.75) is 33.7 Å². The van der Waals surface area contributed by atoms with E-state index in [1.807, 2.05) is 75.4 Å². The molecule has 0 unspecified atom stereocenters. The lowest BCUT2D eigenvalue weighted by atomic mass is 10.1. The van der Waals surface area contributed by atoms with Gasteiger partial charge in [-0.2, -0.15) is 0 Å². The normalized spacial score (nSPS) is 11.0. The van der Waals surface area contributed by atoms with Crippen molar-refractivity contribution in [3.8, 4) is 5.75 Å². The fourth-order valence-electron chi connectivity index (χ4n) is 3.98. The zero-order chi connectivity index (χ0) is 23.4. The maximum absolute atomic E-state index is 12.6. The predicted octanol–water partition coefficient (Wildman–Crippen LogP) is 5.67. The van der Waals surface area contributed by atoms with Gasteiger partial charge in [-0.15, -0.1) is 0 Å². The van der Waals surface area contributed by atoms with Gasteiger partial charge < -0.3 is 14.6 Å². The summed E-state index contributed by atoms with van der Waals surface area (Å²) in [4.78, 5) is 17.4. The maximum Gasteiger partial charge on any atom is 0.251 e. The van der Waals surface area contributed by atoms with E-state index >= 15 is 0 Å². The minimum absolute atomic E-state index is 0.0587. The highest BCUT2D eigenvalue weighted by Crippen LogP contribution is 2.22. The molecule has 0 radical (unpaired) electrons. The van der Waals surface area contributed by atoms with Crippen LogP contribution in [0.25, 0.3) is 11.0 Å². The molecule has 33 heavy (non-hydrogen) atoms. The van der Waals surface area contributed by atoms with Crippen LogP contribution in [0.1, 0.15) is 32.9 Å². The van der Waals surface area contributed by atoms with Gasteiger partial charge in [0, 0.05) is 23.6 Å². The first-order valence-electron chi connectivity index (χ1n) is 11.1. The minimum Gasteiger partial charge on any atom is -0.492 e. The summed E-state index contributed by atoms with van der Waals surface area (Å²) in [7, 11) is 0. The van der Waals surface area contributed by atoms with E-state index in [2.05, 4.69) is 16.0 Å². The number of rotatable bonds is 8. The number of carbonyl (C=O) groups excluding carboxylic acids is 1. The number of nitrogens with one attached hydrogen (secondary N) is 1. The number of aryl methyl sites for hydroxylation is 3. The lowest BCUT2D eigenvalue weighted by Gasteiger charge is -2.12. The Morgan fingerprint density at radius 3 is 2.64 bits per heavy atom. The van der Waals surface area contributed by atoms with Crippen molar-refractivity contribution in [3.63, 3.8) is 0 Å². The number of fused-ring (bicyclic) bond motifs is 1. The Morgan fingerprint density at radius 1 is 1.03 bits per heavy atom. The predicted molar refractivity (Wildman–Crippen MR) is 133 cm³/mol. The molecule has 3 aromatic carbocycles. The van der Waals surface area contributed by atoms with Crippen molar-refractivity contribution in [1.29, 1.82) is 0 Å². The third-order valence-electron chi connectivity index (χ3n) is 5.71. The Morgan fingerprint density at radius 2 is 1.85 bits per heavy atom. The molecule has 0 aliphatic heterocycles. The van der Waals surface area contributed by atoms with Gasteiger partial charge in [0.15, 0.2) is 0 Å². The molecule has 0 saturated carbocycles. The van der Waals surface area contributed by atoms with E-state index < -0.39 is 0 Å². The number of para-hydroxylation sites is 2. The maximum atomic E-state index is 12.6. The fraction of sp³-hybridized carbons (Fsp3) is 0.259. The molecule has 1 amide bonds. The van der Waals surface area contributed by atoms with Gasteiger partial charge in [0.05, 0.1) is 17.6 Å². The van der Waals surface area contributed by atoms with E-state index in [-0.39, 0.29) is 5.91 Å². The van der Waals surface area contributed by atoms with E-state index in [1.54, 1.807) is 0 Å². The topological polar surface area (TPSA) is 56.2 Å². The van der Waals surface area contributed by atoms with Crippen LogP contribution < -0.4 is 10.1 Å². The van der Waals surface area contributed by atoms with Crippen LogP contribution in [0.4, 0.5) is 0 Å². The van der Waals surface area contributed by atoms with E-state index in [4.69, 9.17) is 21.3 Å². The highest BCUT2D eigenvalue weighted by atomic mass is 35.5. The van der Waals surface area contributed by atoms with Crippen LogP contribution >= 0.6 is 11.6 Å². The number of benzene rings is 3. The molecule has 0 atom stereocenters. The quantitative estimate of drug-likeness (QED) is 0.368. The minimum atomic E-state index is -0.0587.